The lowest BCUT2D eigenvalue weighted by atomic mass is 10.1. The van der Waals surface area contributed by atoms with Crippen molar-refractivity contribution in [2.24, 2.45) is 0 Å². The maximum Gasteiger partial charge on any atom is 0.238 e. The predicted molar refractivity (Wildman–Crippen MR) is 96.7 cm³/mol. The molecule has 0 aliphatic heterocycles. The molecule has 0 bridgehead atoms. The summed E-state index contributed by atoms with van der Waals surface area (Å²) in [5, 5.41) is 1.45. The summed E-state index contributed by atoms with van der Waals surface area (Å²) in [4.78, 5) is 12.1. The average molecular weight is 384 g/mol. The van der Waals surface area contributed by atoms with Crippen molar-refractivity contribution in [3.8, 4) is 0 Å². The van der Waals surface area contributed by atoms with Gasteiger partial charge in [0.15, 0.2) is 9.84 Å². The number of benzene rings is 2. The zero-order valence-corrected chi connectivity index (χ0v) is 15.3. The number of hydrogen-bond acceptors (Lipinski definition) is 3. The predicted octanol–water partition coefficient (Wildman–Crippen LogP) is 3.14. The summed E-state index contributed by atoms with van der Waals surface area (Å²) in [6, 6.07) is 13.1. The number of hydrogen-bond donors (Lipinski definition) is 1. The number of nitrogens with one attached hydrogen (secondary N) is 1. The maximum atomic E-state index is 13.0. The highest BCUT2D eigenvalue weighted by atomic mass is 35.5. The Kier molecular flexibility index (Phi) is 6.56. The van der Waals surface area contributed by atoms with Gasteiger partial charge in [-0.2, -0.15) is 0 Å². The Labute approximate surface area is 151 Å². The first-order chi connectivity index (χ1) is 11.8. The lowest BCUT2D eigenvalue weighted by molar-refractivity contribution is -0.120. The third kappa shape index (κ3) is 5.54. The number of sulfone groups is 1. The first-order valence-electron chi connectivity index (χ1n) is 7.77. The summed E-state index contributed by atoms with van der Waals surface area (Å²) < 4.78 is 37.8. The van der Waals surface area contributed by atoms with Crippen molar-refractivity contribution in [1.82, 2.24) is 5.32 Å². The van der Waals surface area contributed by atoms with Crippen LogP contribution in [0.3, 0.4) is 0 Å². The fourth-order valence-electron chi connectivity index (χ4n) is 2.26. The van der Waals surface area contributed by atoms with Crippen LogP contribution in [0, 0.1) is 5.82 Å². The van der Waals surface area contributed by atoms with Crippen LogP contribution in [0.25, 0.3) is 0 Å². The van der Waals surface area contributed by atoms with Gasteiger partial charge in [0, 0.05) is 11.6 Å². The van der Waals surface area contributed by atoms with Crippen LogP contribution in [-0.4, -0.2) is 26.1 Å². The van der Waals surface area contributed by atoms with E-state index in [1.807, 2.05) is 30.3 Å². The first kappa shape index (κ1) is 19.4. The summed E-state index contributed by atoms with van der Waals surface area (Å²) in [6.07, 6.45) is 0.614. The smallest absolute Gasteiger partial charge is 0.238 e. The third-order valence-corrected chi connectivity index (χ3v) is 6.19. The van der Waals surface area contributed by atoms with Gasteiger partial charge in [-0.1, -0.05) is 48.0 Å². The van der Waals surface area contributed by atoms with Crippen molar-refractivity contribution in [3.63, 3.8) is 0 Å². The highest BCUT2D eigenvalue weighted by Crippen LogP contribution is 2.21. The molecule has 0 aromatic heterocycles. The standard InChI is InChI=1S/C18H19ClFNO3S/c1-13(18(22)21-10-9-14-5-3-2-4-6-14)25(23,24)12-15-7-8-16(20)11-17(15)19/h2-8,11,13H,9-10,12H2,1H3,(H,21,22). The number of carbonyl (C=O) groups is 1. The Bertz CT molecular complexity index is 841. The quantitative estimate of drug-likeness (QED) is 0.798. The zero-order valence-electron chi connectivity index (χ0n) is 13.7. The summed E-state index contributed by atoms with van der Waals surface area (Å²) in [6.45, 7) is 1.69. The second kappa shape index (κ2) is 8.45. The molecule has 0 spiro atoms. The molecular formula is C18H19ClFNO3S. The van der Waals surface area contributed by atoms with Gasteiger partial charge in [0.05, 0.1) is 5.75 Å². The summed E-state index contributed by atoms with van der Waals surface area (Å²) in [5.74, 6) is -1.52. The van der Waals surface area contributed by atoms with Gasteiger partial charge >= 0.3 is 0 Å². The minimum atomic E-state index is -3.76. The summed E-state index contributed by atoms with van der Waals surface area (Å²) >= 11 is 5.87. The second-order valence-corrected chi connectivity index (χ2v) is 8.44. The van der Waals surface area contributed by atoms with E-state index in [0.29, 0.717) is 13.0 Å². The number of rotatable bonds is 7. The van der Waals surface area contributed by atoms with Crippen molar-refractivity contribution in [2.75, 3.05) is 6.54 Å². The van der Waals surface area contributed by atoms with Crippen molar-refractivity contribution in [3.05, 3.63) is 70.5 Å². The fourth-order valence-corrected chi connectivity index (χ4v) is 3.92. The minimum Gasteiger partial charge on any atom is -0.355 e. The van der Waals surface area contributed by atoms with Crippen molar-refractivity contribution in [2.45, 2.75) is 24.3 Å². The first-order valence-corrected chi connectivity index (χ1v) is 9.86. The molecule has 1 N–H and O–H groups in total. The third-order valence-electron chi connectivity index (χ3n) is 3.84. The van der Waals surface area contributed by atoms with E-state index in [4.69, 9.17) is 11.6 Å². The molecule has 0 fully saturated rings. The Morgan fingerprint density at radius 3 is 2.52 bits per heavy atom. The van der Waals surface area contributed by atoms with Gasteiger partial charge in [-0.25, -0.2) is 12.8 Å². The molecule has 0 heterocycles. The van der Waals surface area contributed by atoms with E-state index in [0.717, 1.165) is 17.7 Å². The van der Waals surface area contributed by atoms with Crippen molar-refractivity contribution in [1.29, 1.82) is 0 Å². The van der Waals surface area contributed by atoms with Gasteiger partial charge in [0.2, 0.25) is 5.91 Å². The molecule has 7 heteroatoms. The van der Waals surface area contributed by atoms with E-state index >= 15 is 0 Å². The van der Waals surface area contributed by atoms with Crippen LogP contribution in [0.2, 0.25) is 5.02 Å². The van der Waals surface area contributed by atoms with E-state index in [1.54, 1.807) is 0 Å². The highest BCUT2D eigenvalue weighted by Gasteiger charge is 2.28. The second-order valence-electron chi connectivity index (χ2n) is 5.71. The minimum absolute atomic E-state index is 0.0280. The molecule has 2 aromatic rings. The zero-order chi connectivity index (χ0) is 18.4. The summed E-state index contributed by atoms with van der Waals surface area (Å²) in [7, 11) is -3.76. The van der Waals surface area contributed by atoms with E-state index in [9.17, 15) is 17.6 Å². The topological polar surface area (TPSA) is 63.2 Å². The van der Waals surface area contributed by atoms with Gasteiger partial charge in [-0.15, -0.1) is 0 Å². The van der Waals surface area contributed by atoms with Crippen LogP contribution in [0.4, 0.5) is 4.39 Å². The highest BCUT2D eigenvalue weighted by molar-refractivity contribution is 7.92. The van der Waals surface area contributed by atoms with E-state index in [-0.39, 0.29) is 10.6 Å². The van der Waals surface area contributed by atoms with Crippen molar-refractivity contribution < 1.29 is 17.6 Å². The maximum absolute atomic E-state index is 13.0. The van der Waals surface area contributed by atoms with Gasteiger partial charge in [0.1, 0.15) is 11.1 Å². The van der Waals surface area contributed by atoms with Crippen LogP contribution in [0.15, 0.2) is 48.5 Å². The molecule has 0 aliphatic rings. The average Bonchev–Trinajstić information content (AvgIpc) is 2.57. The van der Waals surface area contributed by atoms with Crippen LogP contribution < -0.4 is 5.32 Å². The molecule has 25 heavy (non-hydrogen) atoms. The monoisotopic (exact) mass is 383 g/mol. The van der Waals surface area contributed by atoms with Crippen LogP contribution >= 0.6 is 11.6 Å². The van der Waals surface area contributed by atoms with E-state index < -0.39 is 32.6 Å². The molecule has 1 amide bonds. The van der Waals surface area contributed by atoms with Crippen LogP contribution in [0.5, 0.6) is 0 Å². The van der Waals surface area contributed by atoms with E-state index in [2.05, 4.69) is 5.32 Å². The SMILES string of the molecule is CC(C(=O)NCCc1ccccc1)S(=O)(=O)Cc1ccc(F)cc1Cl. The molecule has 1 unspecified atom stereocenters. The van der Waals surface area contributed by atoms with Gasteiger partial charge < -0.3 is 5.32 Å². The lowest BCUT2D eigenvalue weighted by Crippen LogP contribution is -2.39. The Hall–Kier alpha value is -1.92. The molecule has 0 aliphatic carbocycles. The Morgan fingerprint density at radius 1 is 1.20 bits per heavy atom. The molecule has 4 nitrogen and oxygen atoms in total. The molecule has 2 aromatic carbocycles. The van der Waals surface area contributed by atoms with Gasteiger partial charge in [0.25, 0.3) is 0 Å². The van der Waals surface area contributed by atoms with Gasteiger partial charge in [-0.3, -0.25) is 4.79 Å². The number of carbonyl (C=O) groups excluding carboxylic acids is 1. The lowest BCUT2D eigenvalue weighted by Gasteiger charge is -2.14. The molecular weight excluding hydrogens is 365 g/mol. The molecule has 134 valence electrons. The fraction of sp³-hybridized carbons (Fsp3) is 0.278. The largest absolute Gasteiger partial charge is 0.355 e. The van der Waals surface area contributed by atoms with Crippen molar-refractivity contribution >= 4 is 27.3 Å². The Balaban J connectivity index is 1.95. The molecule has 0 saturated carbocycles. The molecule has 2 rings (SSSR count). The molecule has 0 radical (unpaired) electrons. The Morgan fingerprint density at radius 2 is 1.88 bits per heavy atom. The normalized spacial score (nSPS) is 12.6. The van der Waals surface area contributed by atoms with Gasteiger partial charge in [-0.05, 0) is 36.6 Å². The summed E-state index contributed by atoms with van der Waals surface area (Å²) in [5.41, 5.74) is 1.32. The van der Waals surface area contributed by atoms with Crippen LogP contribution in [0.1, 0.15) is 18.1 Å². The number of amides is 1. The molecule has 1 atom stereocenters. The van der Waals surface area contributed by atoms with E-state index in [1.165, 1.54) is 13.0 Å². The number of halogens is 2. The van der Waals surface area contributed by atoms with Crippen LogP contribution in [-0.2, 0) is 26.8 Å². The molecule has 0 saturated heterocycles.